The van der Waals surface area contributed by atoms with Crippen LogP contribution in [0.25, 0.3) is 0 Å². The van der Waals surface area contributed by atoms with E-state index in [0.29, 0.717) is 37.5 Å². The highest BCUT2D eigenvalue weighted by molar-refractivity contribution is 7.89. The normalized spacial score (nSPS) is 19.6. The van der Waals surface area contributed by atoms with E-state index in [9.17, 15) is 18.0 Å². The summed E-state index contributed by atoms with van der Waals surface area (Å²) in [7, 11) is -3.51. The summed E-state index contributed by atoms with van der Waals surface area (Å²) in [5, 5.41) is 0. The number of rotatable bonds is 6. The lowest BCUT2D eigenvalue weighted by atomic mass is 10.1. The molecule has 32 heavy (non-hydrogen) atoms. The number of amides is 2. The molecule has 2 N–H and O–H groups in total. The van der Waals surface area contributed by atoms with Crippen LogP contribution in [0, 0.1) is 0 Å². The fourth-order valence-electron chi connectivity index (χ4n) is 4.06. The van der Waals surface area contributed by atoms with Crippen molar-refractivity contribution in [3.8, 4) is 5.75 Å². The van der Waals surface area contributed by atoms with Crippen LogP contribution in [0.2, 0.25) is 0 Å². The Kier molecular flexibility index (Phi) is 6.43. The number of carbonyl (C=O) groups excluding carboxylic acids is 2. The van der Waals surface area contributed by atoms with Crippen LogP contribution in [-0.2, 0) is 10.0 Å². The van der Waals surface area contributed by atoms with E-state index in [2.05, 4.69) is 4.98 Å². The summed E-state index contributed by atoms with van der Waals surface area (Å²) in [6, 6.07) is 9.27. The van der Waals surface area contributed by atoms with Gasteiger partial charge in [0, 0.05) is 37.5 Å². The molecule has 10 heteroatoms. The molecule has 2 amide bonds. The Bertz CT molecular complexity index is 1100. The van der Waals surface area contributed by atoms with E-state index in [0.717, 1.165) is 25.7 Å². The lowest BCUT2D eigenvalue weighted by Crippen LogP contribution is -2.44. The topological polar surface area (TPSA) is 123 Å². The molecule has 1 atom stereocenters. The highest BCUT2D eigenvalue weighted by Crippen LogP contribution is 2.23. The maximum absolute atomic E-state index is 13.0. The number of likely N-dealkylation sites (tertiary alicyclic amines) is 1. The zero-order valence-corrected chi connectivity index (χ0v) is 18.5. The summed E-state index contributed by atoms with van der Waals surface area (Å²) < 4.78 is 32.8. The van der Waals surface area contributed by atoms with Crippen molar-refractivity contribution in [2.45, 2.75) is 36.7 Å². The van der Waals surface area contributed by atoms with Crippen molar-refractivity contribution in [2.24, 2.45) is 5.73 Å². The van der Waals surface area contributed by atoms with Gasteiger partial charge in [-0.05, 0) is 56.0 Å². The number of hydrogen-bond donors (Lipinski definition) is 1. The summed E-state index contributed by atoms with van der Waals surface area (Å²) in [6.45, 7) is 2.06. The fraction of sp³-hybridized carbons (Fsp3) is 0.409. The molecule has 0 bridgehead atoms. The highest BCUT2D eigenvalue weighted by Gasteiger charge is 2.29. The number of piperidine rings is 1. The molecular weight excluding hydrogens is 432 g/mol. The fourth-order valence-corrected chi connectivity index (χ4v) is 5.58. The number of nitrogens with two attached hydrogens (primary N) is 1. The van der Waals surface area contributed by atoms with Gasteiger partial charge in [-0.15, -0.1) is 0 Å². The minimum absolute atomic E-state index is 0.121. The second-order valence-corrected chi connectivity index (χ2v) is 9.95. The number of nitrogens with zero attached hydrogens (tertiary/aromatic N) is 3. The lowest BCUT2D eigenvalue weighted by molar-refractivity contribution is 0.0537. The maximum Gasteiger partial charge on any atom is 0.267 e. The largest absolute Gasteiger partial charge is 0.488 e. The predicted molar refractivity (Wildman–Crippen MR) is 117 cm³/mol. The smallest absolute Gasteiger partial charge is 0.267 e. The third kappa shape index (κ3) is 4.76. The van der Waals surface area contributed by atoms with Crippen molar-refractivity contribution < 1.29 is 22.7 Å². The van der Waals surface area contributed by atoms with E-state index in [1.807, 2.05) is 0 Å². The standard InChI is InChI=1S/C22H26N4O5S/c23-21(27)20-14-17(9-10-24-20)31-18-4-3-11-25(15-18)22(28)16-5-7-19(8-6-16)32(29,30)26-12-1-2-13-26/h5-10,14,18H,1-4,11-13,15H2,(H2,23,27). The molecule has 3 heterocycles. The molecule has 2 saturated heterocycles. The zero-order valence-electron chi connectivity index (χ0n) is 17.6. The summed E-state index contributed by atoms with van der Waals surface area (Å²) in [5.74, 6) is -0.327. The average Bonchev–Trinajstić information content (AvgIpc) is 3.35. The van der Waals surface area contributed by atoms with E-state index in [1.54, 1.807) is 23.1 Å². The Labute approximate surface area is 187 Å². The van der Waals surface area contributed by atoms with Gasteiger partial charge in [-0.25, -0.2) is 8.42 Å². The average molecular weight is 459 g/mol. The van der Waals surface area contributed by atoms with E-state index >= 15 is 0 Å². The van der Waals surface area contributed by atoms with Crippen LogP contribution in [0.1, 0.15) is 46.5 Å². The van der Waals surface area contributed by atoms with E-state index in [-0.39, 0.29) is 22.6 Å². The van der Waals surface area contributed by atoms with Crippen molar-refractivity contribution in [2.75, 3.05) is 26.2 Å². The molecule has 2 fully saturated rings. The quantitative estimate of drug-likeness (QED) is 0.702. The van der Waals surface area contributed by atoms with Gasteiger partial charge in [-0.1, -0.05) is 0 Å². The van der Waals surface area contributed by atoms with Crippen LogP contribution in [0.3, 0.4) is 0 Å². The van der Waals surface area contributed by atoms with Gasteiger partial charge < -0.3 is 15.4 Å². The SMILES string of the molecule is NC(=O)c1cc(OC2CCCN(C(=O)c3ccc(S(=O)(=O)N4CCCC4)cc3)C2)ccn1. The highest BCUT2D eigenvalue weighted by atomic mass is 32.2. The van der Waals surface area contributed by atoms with Crippen LogP contribution in [0.15, 0.2) is 47.5 Å². The number of carbonyl (C=O) groups is 2. The van der Waals surface area contributed by atoms with Crippen molar-refractivity contribution in [3.63, 3.8) is 0 Å². The van der Waals surface area contributed by atoms with Gasteiger partial charge in [-0.3, -0.25) is 14.6 Å². The number of pyridine rings is 1. The monoisotopic (exact) mass is 458 g/mol. The van der Waals surface area contributed by atoms with Gasteiger partial charge in [0.25, 0.3) is 11.8 Å². The third-order valence-electron chi connectivity index (χ3n) is 5.76. The van der Waals surface area contributed by atoms with Crippen molar-refractivity contribution >= 4 is 21.8 Å². The maximum atomic E-state index is 13.0. The van der Waals surface area contributed by atoms with Crippen LogP contribution >= 0.6 is 0 Å². The van der Waals surface area contributed by atoms with Gasteiger partial charge >= 0.3 is 0 Å². The van der Waals surface area contributed by atoms with Crippen LogP contribution in [0.5, 0.6) is 5.75 Å². The summed E-state index contributed by atoms with van der Waals surface area (Å²) in [6.07, 6.45) is 4.51. The Morgan fingerprint density at radius 2 is 1.75 bits per heavy atom. The number of primary amides is 1. The van der Waals surface area contributed by atoms with Gasteiger partial charge in [0.15, 0.2) is 0 Å². The molecule has 170 valence electrons. The van der Waals surface area contributed by atoms with Crippen LogP contribution in [0.4, 0.5) is 0 Å². The molecule has 0 radical (unpaired) electrons. The first-order valence-electron chi connectivity index (χ1n) is 10.7. The molecule has 0 spiro atoms. The first-order chi connectivity index (χ1) is 15.3. The second kappa shape index (κ2) is 9.25. The zero-order chi connectivity index (χ0) is 22.7. The van der Waals surface area contributed by atoms with E-state index in [1.165, 1.54) is 28.7 Å². The van der Waals surface area contributed by atoms with Crippen LogP contribution in [-0.4, -0.2) is 66.7 Å². The Morgan fingerprint density at radius 3 is 2.44 bits per heavy atom. The number of sulfonamides is 1. The van der Waals surface area contributed by atoms with Crippen molar-refractivity contribution in [1.82, 2.24) is 14.2 Å². The molecule has 2 aliphatic rings. The summed E-state index contributed by atoms with van der Waals surface area (Å²) >= 11 is 0. The van der Waals surface area contributed by atoms with Gasteiger partial charge in [0.2, 0.25) is 10.0 Å². The van der Waals surface area contributed by atoms with Crippen molar-refractivity contribution in [1.29, 1.82) is 0 Å². The number of hydrogen-bond acceptors (Lipinski definition) is 6. The lowest BCUT2D eigenvalue weighted by Gasteiger charge is -2.33. The van der Waals surface area contributed by atoms with E-state index in [4.69, 9.17) is 10.5 Å². The Hall–Kier alpha value is -2.98. The number of aromatic nitrogens is 1. The Morgan fingerprint density at radius 1 is 1.03 bits per heavy atom. The van der Waals surface area contributed by atoms with Gasteiger partial charge in [0.05, 0.1) is 11.4 Å². The van der Waals surface area contributed by atoms with Crippen LogP contribution < -0.4 is 10.5 Å². The molecule has 2 aromatic rings. The molecule has 2 aliphatic heterocycles. The second-order valence-electron chi connectivity index (χ2n) is 8.01. The molecule has 1 aromatic carbocycles. The molecule has 1 aromatic heterocycles. The molecular formula is C22H26N4O5S. The van der Waals surface area contributed by atoms with Gasteiger partial charge in [-0.2, -0.15) is 4.31 Å². The third-order valence-corrected chi connectivity index (χ3v) is 7.67. The summed E-state index contributed by atoms with van der Waals surface area (Å²) in [5.41, 5.74) is 5.82. The number of benzene rings is 1. The molecule has 4 rings (SSSR count). The molecule has 9 nitrogen and oxygen atoms in total. The predicted octanol–water partition coefficient (Wildman–Crippen LogP) is 1.65. The van der Waals surface area contributed by atoms with E-state index < -0.39 is 15.9 Å². The number of ether oxygens (including phenoxy) is 1. The first-order valence-corrected chi connectivity index (χ1v) is 12.1. The first kappa shape index (κ1) is 22.2. The minimum Gasteiger partial charge on any atom is -0.488 e. The molecule has 1 unspecified atom stereocenters. The molecule has 0 saturated carbocycles. The minimum atomic E-state index is -3.51. The molecule has 0 aliphatic carbocycles. The summed E-state index contributed by atoms with van der Waals surface area (Å²) in [4.78, 5) is 30.1. The van der Waals surface area contributed by atoms with Crippen molar-refractivity contribution in [3.05, 3.63) is 53.9 Å². The van der Waals surface area contributed by atoms with Gasteiger partial charge in [0.1, 0.15) is 17.5 Å². The Balaban J connectivity index is 1.42.